The number of carbonyl (C=O) groups excluding carboxylic acids is 1. The fourth-order valence-electron chi connectivity index (χ4n) is 10.8. The number of aliphatic hydroxyl groups excluding tert-OH is 2. The number of rotatable bonds is 23. The molecule has 0 bridgehead atoms. The molecule has 2 heterocycles. The first-order chi connectivity index (χ1) is 34.3. The number of benzene rings is 5. The van der Waals surface area contributed by atoms with Crippen LogP contribution in [0.1, 0.15) is 67.6 Å². The molecule has 6 unspecified atom stereocenters. The second-order valence-corrected chi connectivity index (χ2v) is 18.6. The van der Waals surface area contributed by atoms with E-state index in [4.69, 9.17) is 28.9 Å². The van der Waals surface area contributed by atoms with Crippen molar-refractivity contribution in [3.05, 3.63) is 166 Å². The molecule has 70 heavy (non-hydrogen) atoms. The molecule has 14 heteroatoms. The molecule has 0 spiro atoms. The van der Waals surface area contributed by atoms with Crippen molar-refractivity contribution in [3.8, 4) is 17.2 Å². The standard InChI is InChI=1S/C56H62N4O10/c1-2-32-67-56-52(59(37-42-18-12-17-40-15-6-7-19-46(40)42)55(63)69-44-23-21-43(22-24-44)60(64)65)36-50(57-68-38-39-13-4-3-5-14-39)48-34-41(16-8-10-30-61)47(20-9-11-31-62)53(54(48)56)49-35-45(25-26-51(49)70-56)66-33-29-58-27-28-58/h2-7,12-15,17-19,21-26,34-35,41,47,52-54,61-62H,1,8-11,16,20,27-33,36-38H2. The molecular formula is C56H62N4O10. The van der Waals surface area contributed by atoms with E-state index in [1.165, 1.54) is 24.3 Å². The van der Waals surface area contributed by atoms with Gasteiger partial charge in [-0.2, -0.15) is 0 Å². The van der Waals surface area contributed by atoms with Gasteiger partial charge in [-0.15, -0.1) is 6.58 Å². The molecule has 5 aromatic rings. The number of ether oxygens (including phenoxy) is 4. The Hall–Kier alpha value is -6.58. The summed E-state index contributed by atoms with van der Waals surface area (Å²) in [5.41, 5.74) is 4.15. The molecule has 0 radical (unpaired) electrons. The van der Waals surface area contributed by atoms with Gasteiger partial charge in [-0.05, 0) is 95.3 Å². The minimum Gasteiger partial charge on any atom is -0.492 e. The van der Waals surface area contributed by atoms with Crippen molar-refractivity contribution in [1.82, 2.24) is 9.80 Å². The Kier molecular flexibility index (Phi) is 15.5. The monoisotopic (exact) mass is 950 g/mol. The first-order valence-electron chi connectivity index (χ1n) is 24.6. The van der Waals surface area contributed by atoms with Gasteiger partial charge >= 0.3 is 6.09 Å². The van der Waals surface area contributed by atoms with Crippen molar-refractivity contribution < 1.29 is 43.7 Å². The summed E-state index contributed by atoms with van der Waals surface area (Å²) in [6, 6.07) is 34.3. The molecule has 1 amide bonds. The van der Waals surface area contributed by atoms with Gasteiger partial charge in [0.2, 0.25) is 5.79 Å². The van der Waals surface area contributed by atoms with E-state index >= 15 is 4.79 Å². The zero-order valence-electron chi connectivity index (χ0n) is 39.5. The maximum Gasteiger partial charge on any atom is 0.416 e. The lowest BCUT2D eigenvalue weighted by atomic mass is 9.55. The van der Waals surface area contributed by atoms with Gasteiger partial charge < -0.3 is 34.0 Å². The van der Waals surface area contributed by atoms with E-state index in [0.717, 1.165) is 84.1 Å². The SMILES string of the molecule is C=CCOC12Oc3ccc(OCCN4CC4)cc3C3C(CCCCO)C(CCCCO)C=C(C(=NOCc4ccccc4)CC1N(Cc1cccc4ccccc14)C(=O)Oc1ccc([N+](=O)[O-])cc1)C32. The largest absolute Gasteiger partial charge is 0.492 e. The summed E-state index contributed by atoms with van der Waals surface area (Å²) in [5.74, 6) is -0.912. The molecular weight excluding hydrogens is 889 g/mol. The van der Waals surface area contributed by atoms with Crippen LogP contribution in [0.4, 0.5) is 10.5 Å². The summed E-state index contributed by atoms with van der Waals surface area (Å²) in [7, 11) is 0. The third-order valence-corrected chi connectivity index (χ3v) is 14.2. The number of oxime groups is 1. The number of nitro groups is 1. The normalized spacial score (nSPS) is 22.8. The van der Waals surface area contributed by atoms with Crippen LogP contribution >= 0.6 is 0 Å². The number of aliphatic hydroxyl groups is 2. The first kappa shape index (κ1) is 48.4. The molecule has 6 atom stereocenters. The lowest BCUT2D eigenvalue weighted by Gasteiger charge is -2.59. The van der Waals surface area contributed by atoms with Gasteiger partial charge in [-0.3, -0.25) is 19.9 Å². The molecule has 1 saturated carbocycles. The van der Waals surface area contributed by atoms with Gasteiger partial charge in [0.25, 0.3) is 5.69 Å². The predicted molar refractivity (Wildman–Crippen MR) is 267 cm³/mol. The van der Waals surface area contributed by atoms with E-state index in [1.54, 1.807) is 11.0 Å². The van der Waals surface area contributed by atoms with Gasteiger partial charge in [0.1, 0.15) is 36.5 Å². The highest BCUT2D eigenvalue weighted by Crippen LogP contribution is 2.62. The average Bonchev–Trinajstić information content (AvgIpc) is 4.21. The molecule has 1 saturated heterocycles. The molecule has 5 aromatic carbocycles. The fourth-order valence-corrected chi connectivity index (χ4v) is 10.8. The highest BCUT2D eigenvalue weighted by molar-refractivity contribution is 6.03. The molecule has 0 aromatic heterocycles. The van der Waals surface area contributed by atoms with Crippen molar-refractivity contribution in [2.24, 2.45) is 22.9 Å². The molecule has 2 N–H and O–H groups in total. The van der Waals surface area contributed by atoms with Gasteiger partial charge in [0.15, 0.2) is 0 Å². The van der Waals surface area contributed by atoms with E-state index in [-0.39, 0.29) is 68.6 Å². The summed E-state index contributed by atoms with van der Waals surface area (Å²) in [5, 5.41) is 38.7. The lowest BCUT2D eigenvalue weighted by molar-refractivity contribution is -0.384. The van der Waals surface area contributed by atoms with Crippen LogP contribution in [-0.4, -0.2) is 94.6 Å². The Balaban J connectivity index is 1.24. The van der Waals surface area contributed by atoms with Crippen LogP contribution in [-0.2, 0) is 22.7 Å². The summed E-state index contributed by atoms with van der Waals surface area (Å²) in [6.45, 7) is 8.08. The van der Waals surface area contributed by atoms with Crippen LogP contribution < -0.4 is 14.2 Å². The zero-order chi connectivity index (χ0) is 48.5. The van der Waals surface area contributed by atoms with E-state index < -0.39 is 28.8 Å². The van der Waals surface area contributed by atoms with Crippen LogP contribution in [0.25, 0.3) is 10.8 Å². The summed E-state index contributed by atoms with van der Waals surface area (Å²) in [6.07, 6.45) is 7.84. The minimum atomic E-state index is -1.57. The molecule has 9 rings (SSSR count). The van der Waals surface area contributed by atoms with E-state index in [0.29, 0.717) is 30.9 Å². The number of allylic oxidation sites excluding steroid dienone is 1. The van der Waals surface area contributed by atoms with Crippen LogP contribution in [0.3, 0.4) is 0 Å². The number of carbonyl (C=O) groups is 1. The summed E-state index contributed by atoms with van der Waals surface area (Å²) < 4.78 is 27.4. The number of fused-ring (bicyclic) bond motifs is 3. The smallest absolute Gasteiger partial charge is 0.416 e. The van der Waals surface area contributed by atoms with Crippen LogP contribution in [0.2, 0.25) is 0 Å². The quantitative estimate of drug-likeness (QED) is 0.0210. The third-order valence-electron chi connectivity index (χ3n) is 14.2. The van der Waals surface area contributed by atoms with Gasteiger partial charge in [-0.25, -0.2) is 4.79 Å². The Bertz CT molecular complexity index is 2670. The summed E-state index contributed by atoms with van der Waals surface area (Å²) in [4.78, 5) is 36.8. The average molecular weight is 951 g/mol. The molecule has 4 aliphatic rings. The Morgan fingerprint density at radius 1 is 0.914 bits per heavy atom. The second kappa shape index (κ2) is 22.4. The van der Waals surface area contributed by atoms with Gasteiger partial charge in [0.05, 0.1) is 29.7 Å². The molecule has 2 aliphatic carbocycles. The van der Waals surface area contributed by atoms with E-state index in [2.05, 4.69) is 23.6 Å². The lowest BCUT2D eigenvalue weighted by Crippen LogP contribution is -2.70. The van der Waals surface area contributed by atoms with Crippen molar-refractivity contribution in [2.75, 3.05) is 46.1 Å². The fraction of sp³-hybridized carbons (Fsp3) is 0.393. The number of hydrogen-bond acceptors (Lipinski definition) is 12. The second-order valence-electron chi connectivity index (χ2n) is 18.6. The number of hydrogen-bond donors (Lipinski definition) is 2. The Morgan fingerprint density at radius 3 is 2.41 bits per heavy atom. The van der Waals surface area contributed by atoms with Crippen molar-refractivity contribution in [2.45, 2.75) is 75.8 Å². The molecule has 366 valence electrons. The number of nitrogens with zero attached hydrogens (tertiary/aromatic N) is 4. The Morgan fingerprint density at radius 2 is 1.66 bits per heavy atom. The highest BCUT2D eigenvalue weighted by Gasteiger charge is 2.66. The molecule has 14 nitrogen and oxygen atoms in total. The Labute approximate surface area is 408 Å². The maximum absolute atomic E-state index is 15.4. The van der Waals surface area contributed by atoms with Crippen molar-refractivity contribution in [1.29, 1.82) is 0 Å². The zero-order valence-corrected chi connectivity index (χ0v) is 39.5. The number of non-ortho nitro benzene ring substituents is 1. The van der Waals surface area contributed by atoms with Crippen molar-refractivity contribution >= 4 is 28.3 Å². The molecule has 2 aliphatic heterocycles. The minimum absolute atomic E-state index is 0.00462. The number of nitro benzene ring substituents is 1. The predicted octanol–water partition coefficient (Wildman–Crippen LogP) is 9.98. The maximum atomic E-state index is 15.4. The molecule has 2 fully saturated rings. The van der Waals surface area contributed by atoms with Crippen LogP contribution in [0.5, 0.6) is 17.2 Å². The van der Waals surface area contributed by atoms with Crippen molar-refractivity contribution in [3.63, 3.8) is 0 Å². The van der Waals surface area contributed by atoms with Crippen LogP contribution in [0.15, 0.2) is 145 Å². The summed E-state index contributed by atoms with van der Waals surface area (Å²) >= 11 is 0. The first-order valence-corrected chi connectivity index (χ1v) is 24.6. The van der Waals surface area contributed by atoms with E-state index in [9.17, 15) is 20.3 Å². The third kappa shape index (κ3) is 10.8. The van der Waals surface area contributed by atoms with Crippen LogP contribution in [0, 0.1) is 27.9 Å². The van der Waals surface area contributed by atoms with E-state index in [1.807, 2.05) is 84.9 Å². The van der Waals surface area contributed by atoms with Gasteiger partial charge in [0, 0.05) is 62.9 Å². The topological polar surface area (TPSA) is 165 Å². The number of amides is 1. The van der Waals surface area contributed by atoms with Gasteiger partial charge in [-0.1, -0.05) is 103 Å². The highest BCUT2D eigenvalue weighted by atomic mass is 16.7. The number of unbranched alkanes of at least 4 members (excludes halogenated alkanes) is 2.